The molecule has 1 atom stereocenters. The molecule has 180 valence electrons. The monoisotopic (exact) mass is 517 g/mol. The van der Waals surface area contributed by atoms with Gasteiger partial charge in [0.15, 0.2) is 0 Å². The van der Waals surface area contributed by atoms with Gasteiger partial charge in [0.1, 0.15) is 11.9 Å². The standard InChI is InChI=1S/C26H20ClN5O3S/c27-20-11-16(7-8-18(20)24(33)31-23-6-2-4-10-29-23)13-32-22(12-17-5-1-3-9-28-17)25(34)30-21-15-36-14-19(21)26(32)35/h1-11,14-15,22H,12-13H2,(H,30,34)(H,29,31,33). The Balaban J connectivity index is 1.42. The summed E-state index contributed by atoms with van der Waals surface area (Å²) in [7, 11) is 0. The molecule has 2 N–H and O–H groups in total. The summed E-state index contributed by atoms with van der Waals surface area (Å²) in [5, 5.41) is 9.28. The van der Waals surface area contributed by atoms with E-state index in [2.05, 4.69) is 20.6 Å². The van der Waals surface area contributed by atoms with E-state index in [1.807, 2.05) is 12.1 Å². The summed E-state index contributed by atoms with van der Waals surface area (Å²) < 4.78 is 0. The van der Waals surface area contributed by atoms with Gasteiger partial charge < -0.3 is 15.5 Å². The van der Waals surface area contributed by atoms with Crippen molar-refractivity contribution in [2.24, 2.45) is 0 Å². The van der Waals surface area contributed by atoms with E-state index in [0.29, 0.717) is 28.3 Å². The third-order valence-corrected chi connectivity index (χ3v) is 6.81. The quantitative estimate of drug-likeness (QED) is 0.387. The molecule has 0 saturated heterocycles. The van der Waals surface area contributed by atoms with Crippen LogP contribution in [-0.2, 0) is 17.8 Å². The van der Waals surface area contributed by atoms with Crippen molar-refractivity contribution in [2.75, 3.05) is 10.6 Å². The van der Waals surface area contributed by atoms with Crippen LogP contribution in [0.15, 0.2) is 77.8 Å². The lowest BCUT2D eigenvalue weighted by Gasteiger charge is -2.29. The molecule has 1 aliphatic rings. The molecular weight excluding hydrogens is 498 g/mol. The molecule has 0 fully saturated rings. The van der Waals surface area contributed by atoms with Crippen LogP contribution in [0.25, 0.3) is 0 Å². The molecule has 3 aromatic heterocycles. The van der Waals surface area contributed by atoms with Gasteiger partial charge in [-0.1, -0.05) is 29.8 Å². The van der Waals surface area contributed by atoms with Gasteiger partial charge in [-0.3, -0.25) is 19.4 Å². The molecule has 0 bridgehead atoms. The van der Waals surface area contributed by atoms with Gasteiger partial charge in [0.2, 0.25) is 5.91 Å². The molecule has 0 radical (unpaired) electrons. The second-order valence-corrected chi connectivity index (χ2v) is 9.30. The van der Waals surface area contributed by atoms with Gasteiger partial charge in [0, 0.05) is 41.8 Å². The topological polar surface area (TPSA) is 104 Å². The second-order valence-electron chi connectivity index (χ2n) is 8.15. The van der Waals surface area contributed by atoms with E-state index in [1.54, 1.807) is 65.6 Å². The fourth-order valence-corrected chi connectivity index (χ4v) is 5.02. The third-order valence-electron chi connectivity index (χ3n) is 5.76. The molecule has 0 aliphatic carbocycles. The minimum Gasteiger partial charge on any atom is -0.323 e. The van der Waals surface area contributed by atoms with Crippen molar-refractivity contribution in [1.82, 2.24) is 14.9 Å². The number of hydrogen-bond donors (Lipinski definition) is 2. The number of halogens is 1. The number of nitrogens with zero attached hydrogens (tertiary/aromatic N) is 3. The van der Waals surface area contributed by atoms with Crippen molar-refractivity contribution in [3.8, 4) is 0 Å². The molecule has 3 amide bonds. The van der Waals surface area contributed by atoms with Crippen LogP contribution in [0.2, 0.25) is 5.02 Å². The van der Waals surface area contributed by atoms with Gasteiger partial charge >= 0.3 is 0 Å². The van der Waals surface area contributed by atoms with Crippen molar-refractivity contribution in [2.45, 2.75) is 19.0 Å². The number of rotatable bonds is 6. The van der Waals surface area contributed by atoms with Gasteiger partial charge in [-0.2, -0.15) is 0 Å². The Labute approximate surface area is 216 Å². The van der Waals surface area contributed by atoms with E-state index in [9.17, 15) is 14.4 Å². The zero-order chi connectivity index (χ0) is 25.1. The number of fused-ring (bicyclic) bond motifs is 1. The first-order chi connectivity index (χ1) is 17.5. The Morgan fingerprint density at radius 1 is 1.06 bits per heavy atom. The minimum absolute atomic E-state index is 0.126. The maximum absolute atomic E-state index is 13.5. The highest BCUT2D eigenvalue weighted by Gasteiger charge is 2.36. The van der Waals surface area contributed by atoms with Crippen molar-refractivity contribution >= 4 is 52.2 Å². The highest BCUT2D eigenvalue weighted by atomic mass is 35.5. The lowest BCUT2D eigenvalue weighted by atomic mass is 10.1. The molecule has 5 rings (SSSR count). The van der Waals surface area contributed by atoms with E-state index in [1.165, 1.54) is 16.2 Å². The first kappa shape index (κ1) is 23.7. The summed E-state index contributed by atoms with van der Waals surface area (Å²) in [6, 6.07) is 14.8. The molecule has 8 nitrogen and oxygen atoms in total. The number of thiophene rings is 1. The van der Waals surface area contributed by atoms with Gasteiger partial charge in [-0.05, 0) is 42.0 Å². The summed E-state index contributed by atoms with van der Waals surface area (Å²) in [4.78, 5) is 49.4. The Kier molecular flexibility index (Phi) is 6.75. The predicted molar refractivity (Wildman–Crippen MR) is 138 cm³/mol. The SMILES string of the molecule is O=C(Nc1ccccn1)c1ccc(CN2C(=O)c3cscc3NC(=O)C2Cc2ccccn2)cc1Cl. The summed E-state index contributed by atoms with van der Waals surface area (Å²) >= 11 is 7.81. The lowest BCUT2D eigenvalue weighted by Crippen LogP contribution is -2.46. The number of aromatic nitrogens is 2. The summed E-state index contributed by atoms with van der Waals surface area (Å²) in [6.45, 7) is 0.126. The smallest absolute Gasteiger partial charge is 0.258 e. The van der Waals surface area contributed by atoms with Crippen LogP contribution in [0.3, 0.4) is 0 Å². The van der Waals surface area contributed by atoms with Crippen LogP contribution in [-0.4, -0.2) is 38.6 Å². The number of benzene rings is 1. The highest BCUT2D eigenvalue weighted by molar-refractivity contribution is 7.08. The minimum atomic E-state index is -0.782. The fourth-order valence-electron chi connectivity index (χ4n) is 3.97. The first-order valence-electron chi connectivity index (χ1n) is 11.1. The summed E-state index contributed by atoms with van der Waals surface area (Å²) in [6.07, 6.45) is 3.49. The van der Waals surface area contributed by atoms with E-state index < -0.39 is 11.9 Å². The largest absolute Gasteiger partial charge is 0.323 e. The van der Waals surface area contributed by atoms with Crippen LogP contribution in [0.1, 0.15) is 32.0 Å². The number of carbonyl (C=O) groups is 3. The normalized spacial score (nSPS) is 15.1. The van der Waals surface area contributed by atoms with Crippen LogP contribution >= 0.6 is 22.9 Å². The maximum Gasteiger partial charge on any atom is 0.258 e. The predicted octanol–water partition coefficient (Wildman–Crippen LogP) is 4.65. The lowest BCUT2D eigenvalue weighted by molar-refractivity contribution is -0.120. The molecule has 1 unspecified atom stereocenters. The van der Waals surface area contributed by atoms with E-state index in [0.717, 1.165) is 0 Å². The van der Waals surface area contributed by atoms with Crippen LogP contribution < -0.4 is 10.6 Å². The Bertz CT molecular complexity index is 1430. The van der Waals surface area contributed by atoms with Crippen LogP contribution in [0.4, 0.5) is 11.5 Å². The van der Waals surface area contributed by atoms with Gasteiger partial charge in [0.25, 0.3) is 11.8 Å². The number of carbonyl (C=O) groups excluding carboxylic acids is 3. The zero-order valence-electron chi connectivity index (χ0n) is 18.8. The number of nitrogens with one attached hydrogen (secondary N) is 2. The van der Waals surface area contributed by atoms with E-state index in [4.69, 9.17) is 11.6 Å². The fraction of sp³-hybridized carbons (Fsp3) is 0.115. The average Bonchev–Trinajstić information content (AvgIpc) is 3.32. The van der Waals surface area contributed by atoms with Crippen molar-refractivity contribution < 1.29 is 14.4 Å². The van der Waals surface area contributed by atoms with Crippen molar-refractivity contribution in [3.63, 3.8) is 0 Å². The molecule has 0 spiro atoms. The van der Waals surface area contributed by atoms with E-state index in [-0.39, 0.29) is 35.4 Å². The average molecular weight is 518 g/mol. The number of amides is 3. The summed E-state index contributed by atoms with van der Waals surface area (Å²) in [5.41, 5.74) is 2.59. The Morgan fingerprint density at radius 2 is 1.86 bits per heavy atom. The molecule has 10 heteroatoms. The first-order valence-corrected chi connectivity index (χ1v) is 12.4. The third kappa shape index (κ3) is 4.98. The van der Waals surface area contributed by atoms with Crippen molar-refractivity contribution in [1.29, 1.82) is 0 Å². The van der Waals surface area contributed by atoms with Crippen LogP contribution in [0.5, 0.6) is 0 Å². The molecular formula is C26H20ClN5O3S. The van der Waals surface area contributed by atoms with Crippen LogP contribution in [0, 0.1) is 0 Å². The molecule has 1 aliphatic heterocycles. The van der Waals surface area contributed by atoms with Gasteiger partial charge in [-0.25, -0.2) is 4.98 Å². The number of hydrogen-bond acceptors (Lipinski definition) is 6. The molecule has 0 saturated carbocycles. The highest BCUT2D eigenvalue weighted by Crippen LogP contribution is 2.30. The second kappa shape index (κ2) is 10.3. The number of anilines is 2. The maximum atomic E-state index is 13.5. The Morgan fingerprint density at radius 3 is 2.58 bits per heavy atom. The Hall–Kier alpha value is -4.08. The molecule has 4 aromatic rings. The number of pyridine rings is 2. The van der Waals surface area contributed by atoms with E-state index >= 15 is 0 Å². The molecule has 1 aromatic carbocycles. The zero-order valence-corrected chi connectivity index (χ0v) is 20.4. The van der Waals surface area contributed by atoms with Gasteiger partial charge in [-0.15, -0.1) is 11.3 Å². The van der Waals surface area contributed by atoms with Crippen molar-refractivity contribution in [3.05, 3.63) is 105 Å². The molecule has 36 heavy (non-hydrogen) atoms. The molecule has 4 heterocycles. The summed E-state index contributed by atoms with van der Waals surface area (Å²) in [5.74, 6) is -0.540. The van der Waals surface area contributed by atoms with Gasteiger partial charge in [0.05, 0.1) is 21.8 Å².